The van der Waals surface area contributed by atoms with Gasteiger partial charge in [0.15, 0.2) is 0 Å². The van der Waals surface area contributed by atoms with E-state index in [4.69, 9.17) is 9.11 Å². The second-order valence-corrected chi connectivity index (χ2v) is 8.12. The molecule has 0 fully saturated rings. The van der Waals surface area contributed by atoms with E-state index in [1.807, 2.05) is 0 Å². The largest absolute Gasteiger partial charge is 0.294 e. The summed E-state index contributed by atoms with van der Waals surface area (Å²) >= 11 is 0. The van der Waals surface area contributed by atoms with Gasteiger partial charge in [0.05, 0.1) is 33.6 Å². The lowest BCUT2D eigenvalue weighted by molar-refractivity contribution is 0.481. The Kier molecular flexibility index (Phi) is 4.89. The van der Waals surface area contributed by atoms with Gasteiger partial charge in [-0.05, 0) is 48.5 Å². The van der Waals surface area contributed by atoms with Crippen LogP contribution in [0.4, 0.5) is 11.4 Å². The van der Waals surface area contributed by atoms with Crippen molar-refractivity contribution >= 4 is 31.6 Å². The van der Waals surface area contributed by atoms with E-state index in [1.54, 1.807) is 6.20 Å². The molecule has 140 valence electrons. The topological polar surface area (TPSA) is 151 Å². The number of rotatable bonds is 5. The first-order valence-corrected chi connectivity index (χ1v) is 10.1. The minimum atomic E-state index is -4.27. The molecule has 12 heteroatoms. The van der Waals surface area contributed by atoms with E-state index < -0.39 is 20.2 Å². The van der Waals surface area contributed by atoms with Gasteiger partial charge < -0.3 is 0 Å². The number of azo groups is 1. The summed E-state index contributed by atoms with van der Waals surface area (Å²) in [4.78, 5) is -0.478. The van der Waals surface area contributed by atoms with E-state index in [0.29, 0.717) is 17.1 Å². The maximum atomic E-state index is 11.0. The number of benzene rings is 2. The molecule has 0 aliphatic heterocycles. The van der Waals surface area contributed by atoms with Gasteiger partial charge in [-0.15, -0.1) is 5.11 Å². The van der Waals surface area contributed by atoms with Gasteiger partial charge in [-0.3, -0.25) is 9.11 Å². The normalized spacial score (nSPS) is 12.5. The summed E-state index contributed by atoms with van der Waals surface area (Å²) in [5.41, 5.74) is 1.31. The van der Waals surface area contributed by atoms with Crippen LogP contribution in [-0.4, -0.2) is 35.7 Å². The molecule has 0 saturated carbocycles. The monoisotopic (exact) mass is 408 g/mol. The maximum Gasteiger partial charge on any atom is 0.294 e. The van der Waals surface area contributed by atoms with Gasteiger partial charge in [-0.1, -0.05) is 0 Å². The zero-order valence-corrected chi connectivity index (χ0v) is 15.0. The average Bonchev–Trinajstić information content (AvgIpc) is 3.08. The first kappa shape index (κ1) is 18.8. The molecule has 0 unspecified atom stereocenters. The van der Waals surface area contributed by atoms with Crippen LogP contribution in [0.15, 0.2) is 80.9 Å². The highest BCUT2D eigenvalue weighted by molar-refractivity contribution is 7.86. The number of aromatic nitrogens is 2. The molecule has 2 N–H and O–H groups in total. The molecule has 10 nitrogen and oxygen atoms in total. The number of hydrogen-bond acceptors (Lipinski definition) is 7. The standard InChI is InChI=1S/C15H12N4O6S2/c20-26(21,22)14-5-1-11(2-6-14)17-18-12-9-16-19(10-12)13-3-7-15(8-4-13)27(23,24)25/h1-10H,(H,20,21,22)(H,23,24,25)/b18-17+. The molecule has 27 heavy (non-hydrogen) atoms. The number of hydrogen-bond donors (Lipinski definition) is 2. The Balaban J connectivity index is 1.77. The van der Waals surface area contributed by atoms with Gasteiger partial charge >= 0.3 is 0 Å². The van der Waals surface area contributed by atoms with E-state index in [2.05, 4.69) is 15.3 Å². The highest BCUT2D eigenvalue weighted by Gasteiger charge is 2.10. The molecule has 1 heterocycles. The summed E-state index contributed by atoms with van der Waals surface area (Å²) < 4.78 is 63.4. The predicted octanol–water partition coefficient (Wildman–Crippen LogP) is 2.78. The van der Waals surface area contributed by atoms with Crippen LogP contribution in [-0.2, 0) is 20.2 Å². The van der Waals surface area contributed by atoms with Crippen LogP contribution in [0.2, 0.25) is 0 Å². The van der Waals surface area contributed by atoms with Crippen molar-refractivity contribution in [3.63, 3.8) is 0 Å². The van der Waals surface area contributed by atoms with Crippen molar-refractivity contribution in [3.8, 4) is 5.69 Å². The molecule has 0 amide bonds. The molecule has 1 aromatic heterocycles. The maximum absolute atomic E-state index is 11.0. The molecule has 0 aliphatic rings. The Bertz CT molecular complexity index is 1200. The molecule has 0 aliphatic carbocycles. The summed E-state index contributed by atoms with van der Waals surface area (Å²) in [5.74, 6) is 0. The third-order valence-electron chi connectivity index (χ3n) is 3.38. The Hall–Kier alpha value is -2.93. The van der Waals surface area contributed by atoms with Crippen molar-refractivity contribution in [2.24, 2.45) is 10.2 Å². The lowest BCUT2D eigenvalue weighted by atomic mass is 10.3. The third kappa shape index (κ3) is 4.62. The van der Waals surface area contributed by atoms with Crippen LogP contribution >= 0.6 is 0 Å². The van der Waals surface area contributed by atoms with Gasteiger partial charge in [0, 0.05) is 0 Å². The highest BCUT2D eigenvalue weighted by Crippen LogP contribution is 2.21. The molecule has 0 bridgehead atoms. The SMILES string of the molecule is O=S(=O)(O)c1ccc(/N=N/c2cnn(-c3ccc(S(=O)(=O)O)cc3)c2)cc1. The van der Waals surface area contributed by atoms with Crippen LogP contribution in [0.25, 0.3) is 5.69 Å². The molecule has 2 aromatic carbocycles. The van der Waals surface area contributed by atoms with Gasteiger partial charge in [0.1, 0.15) is 5.69 Å². The fraction of sp³-hybridized carbons (Fsp3) is 0. The first-order chi connectivity index (χ1) is 12.6. The van der Waals surface area contributed by atoms with Crippen molar-refractivity contribution < 1.29 is 25.9 Å². The summed E-state index contributed by atoms with van der Waals surface area (Å²) in [6.45, 7) is 0. The quantitative estimate of drug-likeness (QED) is 0.486. The lowest BCUT2D eigenvalue weighted by Crippen LogP contribution is -1.99. The Morgan fingerprint density at radius 1 is 0.741 bits per heavy atom. The van der Waals surface area contributed by atoms with Crippen LogP contribution < -0.4 is 0 Å². The molecular weight excluding hydrogens is 396 g/mol. The van der Waals surface area contributed by atoms with E-state index >= 15 is 0 Å². The average molecular weight is 408 g/mol. The second-order valence-electron chi connectivity index (χ2n) is 5.28. The molecule has 0 saturated heterocycles. The van der Waals surface area contributed by atoms with Gasteiger partial charge in [0.2, 0.25) is 0 Å². The summed E-state index contributed by atoms with van der Waals surface area (Å²) in [6, 6.07) is 10.6. The summed E-state index contributed by atoms with van der Waals surface area (Å²) in [5, 5.41) is 12.0. The first-order valence-electron chi connectivity index (χ1n) is 7.25. The van der Waals surface area contributed by atoms with Crippen LogP contribution in [0.3, 0.4) is 0 Å². The Morgan fingerprint density at radius 2 is 1.22 bits per heavy atom. The molecule has 0 spiro atoms. The van der Waals surface area contributed by atoms with Crippen molar-refractivity contribution in [1.82, 2.24) is 9.78 Å². The minimum Gasteiger partial charge on any atom is -0.282 e. The van der Waals surface area contributed by atoms with Gasteiger partial charge in [0.25, 0.3) is 20.2 Å². The Morgan fingerprint density at radius 3 is 1.74 bits per heavy atom. The highest BCUT2D eigenvalue weighted by atomic mass is 32.2. The minimum absolute atomic E-state index is 0.230. The molecule has 3 rings (SSSR count). The third-order valence-corrected chi connectivity index (χ3v) is 5.12. The molecule has 3 aromatic rings. The predicted molar refractivity (Wildman–Crippen MR) is 93.8 cm³/mol. The van der Waals surface area contributed by atoms with E-state index in [9.17, 15) is 16.8 Å². The van der Waals surface area contributed by atoms with Gasteiger partial charge in [-0.25, -0.2) is 4.68 Å². The number of nitrogens with zero attached hydrogens (tertiary/aromatic N) is 4. The van der Waals surface area contributed by atoms with Crippen LogP contribution in [0.1, 0.15) is 0 Å². The van der Waals surface area contributed by atoms with Crippen molar-refractivity contribution in [2.75, 3.05) is 0 Å². The van der Waals surface area contributed by atoms with Crippen molar-refractivity contribution in [3.05, 3.63) is 60.9 Å². The van der Waals surface area contributed by atoms with Crippen LogP contribution in [0.5, 0.6) is 0 Å². The van der Waals surface area contributed by atoms with E-state index in [1.165, 1.54) is 59.4 Å². The van der Waals surface area contributed by atoms with Gasteiger partial charge in [-0.2, -0.15) is 27.0 Å². The fourth-order valence-electron chi connectivity index (χ4n) is 2.08. The zero-order chi connectivity index (χ0) is 19.7. The summed E-state index contributed by atoms with van der Waals surface area (Å²) in [6.07, 6.45) is 2.96. The molecular formula is C15H12N4O6S2. The van der Waals surface area contributed by atoms with Crippen LogP contribution in [0, 0.1) is 0 Å². The van der Waals surface area contributed by atoms with E-state index in [-0.39, 0.29) is 9.79 Å². The summed E-state index contributed by atoms with van der Waals surface area (Å²) in [7, 11) is -8.53. The smallest absolute Gasteiger partial charge is 0.282 e. The second kappa shape index (κ2) is 7.00. The molecule has 0 radical (unpaired) electrons. The van der Waals surface area contributed by atoms with E-state index in [0.717, 1.165) is 0 Å². The molecule has 0 atom stereocenters. The Labute approximate surface area is 154 Å². The van der Waals surface area contributed by atoms with Crippen molar-refractivity contribution in [1.29, 1.82) is 0 Å². The van der Waals surface area contributed by atoms with Crippen molar-refractivity contribution in [2.45, 2.75) is 9.79 Å². The fourth-order valence-corrected chi connectivity index (χ4v) is 3.04. The zero-order valence-electron chi connectivity index (χ0n) is 13.4. The lowest BCUT2D eigenvalue weighted by Gasteiger charge is -2.01.